The van der Waals surface area contributed by atoms with E-state index in [1.54, 1.807) is 0 Å². The summed E-state index contributed by atoms with van der Waals surface area (Å²) in [5.74, 6) is 0.729. The third kappa shape index (κ3) is 5.17. The van der Waals surface area contributed by atoms with Gasteiger partial charge in [0, 0.05) is 25.6 Å². The Morgan fingerprint density at radius 1 is 1.27 bits per heavy atom. The lowest BCUT2D eigenvalue weighted by atomic mass is 10.1. The fourth-order valence-electron chi connectivity index (χ4n) is 1.84. The highest BCUT2D eigenvalue weighted by Crippen LogP contribution is 2.12. The largest absolute Gasteiger partial charge is 0.339 e. The zero-order valence-electron chi connectivity index (χ0n) is 10.6. The van der Waals surface area contributed by atoms with E-state index in [1.807, 2.05) is 4.90 Å². The highest BCUT2D eigenvalue weighted by atomic mass is 16.2. The van der Waals surface area contributed by atoms with Crippen LogP contribution in [0.3, 0.4) is 0 Å². The number of amides is 1. The van der Waals surface area contributed by atoms with Gasteiger partial charge in [0.05, 0.1) is 0 Å². The summed E-state index contributed by atoms with van der Waals surface area (Å²) < 4.78 is 0. The molecule has 0 fully saturated rings. The van der Waals surface area contributed by atoms with Crippen LogP contribution in [0.1, 0.15) is 47.0 Å². The molecule has 3 heteroatoms. The standard InChI is InChI=1S/C12H26N2O/c1-5-11(6-2)14(9-10(3)4)12(15)7-8-13/h10-11H,5-9,13H2,1-4H3. The van der Waals surface area contributed by atoms with Crippen molar-refractivity contribution in [1.82, 2.24) is 4.90 Å². The van der Waals surface area contributed by atoms with Gasteiger partial charge < -0.3 is 10.6 Å². The van der Waals surface area contributed by atoms with Gasteiger partial charge in [0.15, 0.2) is 0 Å². The summed E-state index contributed by atoms with van der Waals surface area (Å²) in [5, 5.41) is 0. The Morgan fingerprint density at radius 3 is 2.13 bits per heavy atom. The molecule has 1 amide bonds. The van der Waals surface area contributed by atoms with Gasteiger partial charge in [0.2, 0.25) is 5.91 Å². The minimum atomic E-state index is 0.208. The Morgan fingerprint density at radius 2 is 1.80 bits per heavy atom. The van der Waals surface area contributed by atoms with Crippen LogP contribution in [0.4, 0.5) is 0 Å². The van der Waals surface area contributed by atoms with Crippen molar-refractivity contribution in [2.45, 2.75) is 53.0 Å². The minimum Gasteiger partial charge on any atom is -0.339 e. The predicted octanol–water partition coefficient (Wildman–Crippen LogP) is 2.01. The Bertz CT molecular complexity index is 176. The quantitative estimate of drug-likeness (QED) is 0.704. The van der Waals surface area contributed by atoms with Crippen molar-refractivity contribution in [3.8, 4) is 0 Å². The summed E-state index contributed by atoms with van der Waals surface area (Å²) in [4.78, 5) is 13.9. The Balaban J connectivity index is 4.47. The van der Waals surface area contributed by atoms with E-state index >= 15 is 0 Å². The maximum atomic E-state index is 11.9. The van der Waals surface area contributed by atoms with E-state index < -0.39 is 0 Å². The lowest BCUT2D eigenvalue weighted by molar-refractivity contribution is -0.134. The Labute approximate surface area is 94.0 Å². The minimum absolute atomic E-state index is 0.208. The molecule has 0 saturated heterocycles. The van der Waals surface area contributed by atoms with Gasteiger partial charge >= 0.3 is 0 Å². The summed E-state index contributed by atoms with van der Waals surface area (Å²) >= 11 is 0. The normalized spacial score (nSPS) is 11.1. The van der Waals surface area contributed by atoms with Gasteiger partial charge in [-0.25, -0.2) is 0 Å². The van der Waals surface area contributed by atoms with Crippen molar-refractivity contribution in [3.05, 3.63) is 0 Å². The van der Waals surface area contributed by atoms with Crippen LogP contribution in [0.15, 0.2) is 0 Å². The number of nitrogens with zero attached hydrogens (tertiary/aromatic N) is 1. The van der Waals surface area contributed by atoms with Gasteiger partial charge in [-0.3, -0.25) is 4.79 Å². The van der Waals surface area contributed by atoms with E-state index in [0.29, 0.717) is 24.9 Å². The molecule has 0 unspecified atom stereocenters. The molecule has 0 aromatic carbocycles. The third-order valence-electron chi connectivity index (χ3n) is 2.62. The Hall–Kier alpha value is -0.570. The molecule has 0 atom stereocenters. The number of hydrogen-bond donors (Lipinski definition) is 1. The van der Waals surface area contributed by atoms with Crippen molar-refractivity contribution in [2.75, 3.05) is 13.1 Å². The number of rotatable bonds is 7. The number of carbonyl (C=O) groups is 1. The van der Waals surface area contributed by atoms with Gasteiger partial charge in [-0.2, -0.15) is 0 Å². The lowest BCUT2D eigenvalue weighted by Gasteiger charge is -2.32. The summed E-state index contributed by atoms with van der Waals surface area (Å²) in [6.07, 6.45) is 2.53. The predicted molar refractivity (Wildman–Crippen MR) is 64.6 cm³/mol. The molecule has 0 aromatic rings. The first-order valence-electron chi connectivity index (χ1n) is 6.06. The van der Waals surface area contributed by atoms with Crippen LogP contribution in [0.2, 0.25) is 0 Å². The van der Waals surface area contributed by atoms with Crippen LogP contribution in [-0.2, 0) is 4.79 Å². The van der Waals surface area contributed by atoms with E-state index in [-0.39, 0.29) is 5.91 Å². The van der Waals surface area contributed by atoms with Gasteiger partial charge in [0.25, 0.3) is 0 Å². The van der Waals surface area contributed by atoms with Crippen LogP contribution >= 0.6 is 0 Å². The molecule has 0 saturated carbocycles. The average Bonchev–Trinajstić information content (AvgIpc) is 2.18. The van der Waals surface area contributed by atoms with Crippen LogP contribution in [0, 0.1) is 5.92 Å². The van der Waals surface area contributed by atoms with E-state index in [0.717, 1.165) is 19.4 Å². The Kier molecular flexibility index (Phi) is 7.39. The molecule has 0 heterocycles. The second-order valence-corrected chi connectivity index (χ2v) is 4.45. The van der Waals surface area contributed by atoms with Crippen LogP contribution < -0.4 is 5.73 Å². The first-order chi connectivity index (χ1) is 7.06. The van der Waals surface area contributed by atoms with E-state index in [9.17, 15) is 4.79 Å². The topological polar surface area (TPSA) is 46.3 Å². The second-order valence-electron chi connectivity index (χ2n) is 4.45. The molecular formula is C12H26N2O. The maximum Gasteiger partial charge on any atom is 0.224 e. The van der Waals surface area contributed by atoms with Crippen molar-refractivity contribution >= 4 is 5.91 Å². The van der Waals surface area contributed by atoms with Crippen LogP contribution in [-0.4, -0.2) is 29.9 Å². The van der Waals surface area contributed by atoms with Gasteiger partial charge in [-0.05, 0) is 18.8 Å². The number of carbonyl (C=O) groups excluding carboxylic acids is 1. The molecule has 0 aliphatic carbocycles. The maximum absolute atomic E-state index is 11.9. The van der Waals surface area contributed by atoms with Crippen molar-refractivity contribution < 1.29 is 4.79 Å². The molecule has 2 N–H and O–H groups in total. The molecule has 0 aliphatic heterocycles. The highest BCUT2D eigenvalue weighted by molar-refractivity contribution is 5.76. The second kappa shape index (κ2) is 7.69. The van der Waals surface area contributed by atoms with Crippen molar-refractivity contribution in [1.29, 1.82) is 0 Å². The van der Waals surface area contributed by atoms with Gasteiger partial charge in [0.1, 0.15) is 0 Å². The average molecular weight is 214 g/mol. The molecule has 0 rings (SSSR count). The molecule has 0 bridgehead atoms. The third-order valence-corrected chi connectivity index (χ3v) is 2.62. The SMILES string of the molecule is CCC(CC)N(CC(C)C)C(=O)CCN. The monoisotopic (exact) mass is 214 g/mol. The fourth-order valence-corrected chi connectivity index (χ4v) is 1.84. The van der Waals surface area contributed by atoms with Crippen LogP contribution in [0.5, 0.6) is 0 Å². The molecule has 0 aromatic heterocycles. The van der Waals surface area contributed by atoms with Gasteiger partial charge in [-0.15, -0.1) is 0 Å². The summed E-state index contributed by atoms with van der Waals surface area (Å²) in [6.45, 7) is 9.86. The van der Waals surface area contributed by atoms with Crippen molar-refractivity contribution in [2.24, 2.45) is 11.7 Å². The number of hydrogen-bond acceptors (Lipinski definition) is 2. The zero-order chi connectivity index (χ0) is 11.8. The van der Waals surface area contributed by atoms with Crippen LogP contribution in [0.25, 0.3) is 0 Å². The first-order valence-corrected chi connectivity index (χ1v) is 6.06. The molecular weight excluding hydrogens is 188 g/mol. The highest BCUT2D eigenvalue weighted by Gasteiger charge is 2.20. The van der Waals surface area contributed by atoms with Gasteiger partial charge in [-0.1, -0.05) is 27.7 Å². The molecule has 15 heavy (non-hydrogen) atoms. The van der Waals surface area contributed by atoms with Crippen molar-refractivity contribution in [3.63, 3.8) is 0 Å². The molecule has 90 valence electrons. The molecule has 0 aliphatic rings. The fraction of sp³-hybridized carbons (Fsp3) is 0.917. The molecule has 0 spiro atoms. The zero-order valence-corrected chi connectivity index (χ0v) is 10.6. The van der Waals surface area contributed by atoms with E-state index in [1.165, 1.54) is 0 Å². The smallest absolute Gasteiger partial charge is 0.224 e. The lowest BCUT2D eigenvalue weighted by Crippen LogP contribution is -2.42. The first kappa shape index (κ1) is 14.4. The number of nitrogens with two attached hydrogens (primary N) is 1. The molecule has 3 nitrogen and oxygen atoms in total. The van der Waals surface area contributed by atoms with E-state index in [2.05, 4.69) is 27.7 Å². The summed E-state index contributed by atoms with van der Waals surface area (Å²) in [6, 6.07) is 0.381. The molecule has 0 radical (unpaired) electrons. The van der Waals surface area contributed by atoms with E-state index in [4.69, 9.17) is 5.73 Å². The summed E-state index contributed by atoms with van der Waals surface area (Å²) in [7, 11) is 0. The summed E-state index contributed by atoms with van der Waals surface area (Å²) in [5.41, 5.74) is 5.43.